The molecule has 0 amide bonds. The maximum absolute atomic E-state index is 4.91. The molecule has 34 heavy (non-hydrogen) atoms. The minimum Gasteiger partial charge on any atom is -0.259 e. The number of para-hydroxylation sites is 1. The van der Waals surface area contributed by atoms with Crippen molar-refractivity contribution in [3.8, 4) is 0 Å². The highest BCUT2D eigenvalue weighted by Gasteiger charge is 2.27. The van der Waals surface area contributed by atoms with Crippen LogP contribution in [0.3, 0.4) is 0 Å². The molecule has 0 bridgehead atoms. The molecule has 5 rings (SSSR count). The number of hydrazine groups is 2. The summed E-state index contributed by atoms with van der Waals surface area (Å²) in [6, 6.07) is 34.2. The van der Waals surface area contributed by atoms with Crippen molar-refractivity contribution in [3.63, 3.8) is 0 Å². The molecular weight excluding hydrogens is 444 g/mol. The van der Waals surface area contributed by atoms with Gasteiger partial charge >= 0.3 is 0 Å². The lowest BCUT2D eigenvalue weighted by Gasteiger charge is -2.29. The Bertz CT molecular complexity index is 1320. The Labute approximate surface area is 205 Å². The largest absolute Gasteiger partial charge is 0.259 e. The van der Waals surface area contributed by atoms with E-state index in [2.05, 4.69) is 22.6 Å². The summed E-state index contributed by atoms with van der Waals surface area (Å²) in [6.07, 6.45) is 0. The fourth-order valence-electron chi connectivity index (χ4n) is 3.60. The van der Waals surface area contributed by atoms with Crippen molar-refractivity contribution < 1.29 is 0 Å². The Morgan fingerprint density at radius 3 is 2.12 bits per heavy atom. The second-order valence-electron chi connectivity index (χ2n) is 7.82. The summed E-state index contributed by atoms with van der Waals surface area (Å²) in [7, 11) is 0. The van der Waals surface area contributed by atoms with Gasteiger partial charge in [-0.3, -0.25) is 5.43 Å². The van der Waals surface area contributed by atoms with Gasteiger partial charge < -0.3 is 0 Å². The molecule has 4 aromatic carbocycles. The lowest BCUT2D eigenvalue weighted by atomic mass is 10.2. The van der Waals surface area contributed by atoms with Gasteiger partial charge in [0.1, 0.15) is 0 Å². The first-order valence-corrected chi connectivity index (χ1v) is 10.8. The van der Waals surface area contributed by atoms with E-state index < -0.39 is 0 Å². The van der Waals surface area contributed by atoms with Gasteiger partial charge in [0.25, 0.3) is 0 Å². The van der Waals surface area contributed by atoms with Crippen molar-refractivity contribution in [1.82, 2.24) is 5.43 Å². The summed E-state index contributed by atoms with van der Waals surface area (Å²) in [5, 5.41) is 17.7. The molecule has 0 aromatic heterocycles. The van der Waals surface area contributed by atoms with Gasteiger partial charge in [-0.2, -0.15) is 20.5 Å². The van der Waals surface area contributed by atoms with Crippen LogP contribution >= 0.6 is 12.4 Å². The molecule has 1 heterocycles. The Hall–Kier alpha value is -4.16. The number of anilines is 2. The highest BCUT2D eigenvalue weighted by atomic mass is 35.5. The molecule has 1 N–H and O–H groups in total. The van der Waals surface area contributed by atoms with E-state index in [0.29, 0.717) is 0 Å². The smallest absolute Gasteiger partial charge is 0.176 e. The first kappa shape index (κ1) is 23.0. The van der Waals surface area contributed by atoms with E-state index in [9.17, 15) is 0 Å². The van der Waals surface area contributed by atoms with E-state index in [4.69, 9.17) is 5.10 Å². The molecule has 4 aromatic rings. The maximum Gasteiger partial charge on any atom is 0.176 e. The van der Waals surface area contributed by atoms with Crippen LogP contribution in [0.2, 0.25) is 0 Å². The molecule has 0 fully saturated rings. The van der Waals surface area contributed by atoms with E-state index >= 15 is 0 Å². The third-order valence-electron chi connectivity index (χ3n) is 5.44. The lowest BCUT2D eigenvalue weighted by molar-refractivity contribution is 0.768. The van der Waals surface area contributed by atoms with E-state index in [1.165, 1.54) is 0 Å². The average Bonchev–Trinajstić information content (AvgIpc) is 3.31. The Kier molecular flexibility index (Phi) is 6.90. The topological polar surface area (TPSA) is 55.6 Å². The van der Waals surface area contributed by atoms with E-state index in [1.807, 2.05) is 120 Å². The summed E-state index contributed by atoms with van der Waals surface area (Å²) in [5.74, 6) is 0.769. The third kappa shape index (κ3) is 4.77. The predicted molar refractivity (Wildman–Crippen MR) is 141 cm³/mol. The van der Waals surface area contributed by atoms with E-state index in [0.717, 1.165) is 45.3 Å². The van der Waals surface area contributed by atoms with E-state index in [-0.39, 0.29) is 12.4 Å². The molecule has 0 radical (unpaired) electrons. The SMILES string of the molecule is Cc1ccccc1N=Nc1ccc(C)c(N2N=C(c3ccccc3)NN2c2ccccc2)c1.Cl. The van der Waals surface area contributed by atoms with Crippen LogP contribution in [0.15, 0.2) is 118 Å². The number of hydrazone groups is 1. The summed E-state index contributed by atoms with van der Waals surface area (Å²) < 4.78 is 0. The number of hydrogen-bond donors (Lipinski definition) is 1. The number of rotatable bonds is 5. The molecule has 0 saturated carbocycles. The molecule has 6 nitrogen and oxygen atoms in total. The third-order valence-corrected chi connectivity index (χ3v) is 5.44. The van der Waals surface area contributed by atoms with Gasteiger partial charge in [-0.15, -0.1) is 17.5 Å². The van der Waals surface area contributed by atoms with Crippen LogP contribution < -0.4 is 15.7 Å². The fraction of sp³-hybridized carbons (Fsp3) is 0.0741. The van der Waals surface area contributed by atoms with E-state index in [1.54, 1.807) is 0 Å². The van der Waals surface area contributed by atoms with Crippen LogP contribution in [-0.4, -0.2) is 5.84 Å². The van der Waals surface area contributed by atoms with Gasteiger partial charge in [-0.1, -0.05) is 72.8 Å². The van der Waals surface area contributed by atoms with Crippen molar-refractivity contribution in [2.45, 2.75) is 13.8 Å². The normalized spacial score (nSPS) is 12.9. The molecule has 0 spiro atoms. The van der Waals surface area contributed by atoms with Gasteiger partial charge in [0.05, 0.1) is 22.7 Å². The Morgan fingerprint density at radius 1 is 0.706 bits per heavy atom. The number of nitrogens with one attached hydrogen (secondary N) is 1. The maximum atomic E-state index is 4.91. The van der Waals surface area contributed by atoms with Crippen LogP contribution in [0.4, 0.5) is 22.7 Å². The van der Waals surface area contributed by atoms with Crippen LogP contribution in [0.1, 0.15) is 16.7 Å². The van der Waals surface area contributed by atoms with Gasteiger partial charge in [-0.25, -0.2) is 0 Å². The number of amidine groups is 1. The zero-order chi connectivity index (χ0) is 22.6. The molecule has 7 heteroatoms. The highest BCUT2D eigenvalue weighted by molar-refractivity contribution is 6.02. The van der Waals surface area contributed by atoms with Crippen LogP contribution in [0, 0.1) is 13.8 Å². The monoisotopic (exact) mass is 468 g/mol. The molecule has 0 saturated heterocycles. The number of azo groups is 1. The van der Waals surface area contributed by atoms with Crippen molar-refractivity contribution in [2.75, 3.05) is 10.2 Å². The summed E-state index contributed by atoms with van der Waals surface area (Å²) >= 11 is 0. The molecule has 1 aliphatic rings. The standard InChI is InChI=1S/C27H24N6.ClH/c1-20-11-9-10-16-25(20)29-28-23-18-17-21(2)26(19-23)33-31-27(22-12-5-3-6-13-22)30-32(33)24-14-7-4-8-15-24;/h3-19H,1-2H3,(H,30,31);1H. The number of hydrogen-bond acceptors (Lipinski definition) is 6. The highest BCUT2D eigenvalue weighted by Crippen LogP contribution is 2.32. The minimum absolute atomic E-state index is 0. The first-order valence-electron chi connectivity index (χ1n) is 10.8. The van der Waals surface area contributed by atoms with Crippen LogP contribution in [0.5, 0.6) is 0 Å². The number of nitrogens with zero attached hydrogens (tertiary/aromatic N) is 5. The van der Waals surface area contributed by atoms with Gasteiger partial charge in [0.2, 0.25) is 0 Å². The van der Waals surface area contributed by atoms with Crippen molar-refractivity contribution in [3.05, 3.63) is 120 Å². The minimum atomic E-state index is 0. The average molecular weight is 469 g/mol. The van der Waals surface area contributed by atoms with Gasteiger partial charge in [0.15, 0.2) is 5.84 Å². The van der Waals surface area contributed by atoms with Crippen molar-refractivity contribution >= 4 is 41.0 Å². The summed E-state index contributed by atoms with van der Waals surface area (Å²) in [4.78, 5) is 0. The summed E-state index contributed by atoms with van der Waals surface area (Å²) in [5.41, 5.74) is 10.1. The van der Waals surface area contributed by atoms with Crippen molar-refractivity contribution in [2.24, 2.45) is 15.3 Å². The first-order chi connectivity index (χ1) is 16.2. The zero-order valence-electron chi connectivity index (χ0n) is 19.0. The quantitative estimate of drug-likeness (QED) is 0.314. The molecule has 0 aliphatic carbocycles. The molecule has 1 aliphatic heterocycles. The molecule has 0 atom stereocenters. The zero-order valence-corrected chi connectivity index (χ0v) is 19.8. The second-order valence-corrected chi connectivity index (χ2v) is 7.82. The molecule has 170 valence electrons. The van der Waals surface area contributed by atoms with Crippen molar-refractivity contribution in [1.29, 1.82) is 0 Å². The lowest BCUT2D eigenvalue weighted by Crippen LogP contribution is -2.44. The Morgan fingerprint density at radius 2 is 1.38 bits per heavy atom. The Balaban J connectivity index is 0.00000274. The van der Waals surface area contributed by atoms with Gasteiger partial charge in [-0.05, 0) is 55.3 Å². The number of benzene rings is 4. The molecular formula is C27H25ClN6. The second kappa shape index (κ2) is 10.2. The number of halogens is 1. The summed E-state index contributed by atoms with van der Waals surface area (Å²) in [6.45, 7) is 4.10. The predicted octanol–water partition coefficient (Wildman–Crippen LogP) is 7.25. The van der Waals surface area contributed by atoms with Gasteiger partial charge in [0, 0.05) is 5.56 Å². The number of aryl methyl sites for hydroxylation is 2. The van der Waals surface area contributed by atoms with Crippen LogP contribution in [-0.2, 0) is 0 Å². The van der Waals surface area contributed by atoms with Crippen LogP contribution in [0.25, 0.3) is 0 Å². The fourth-order valence-corrected chi connectivity index (χ4v) is 3.60. The molecule has 0 unspecified atom stereocenters.